The van der Waals surface area contributed by atoms with Gasteiger partial charge in [0.2, 0.25) is 6.29 Å². The van der Waals surface area contributed by atoms with Gasteiger partial charge in [-0.3, -0.25) is 0 Å². The number of ether oxygens (including phenoxy) is 4. The lowest BCUT2D eigenvalue weighted by atomic mass is 9.99. The predicted molar refractivity (Wildman–Crippen MR) is 102 cm³/mol. The molecule has 1 aromatic carbocycles. The monoisotopic (exact) mass is 428 g/mol. The lowest BCUT2D eigenvalue weighted by molar-refractivity contribution is -0.307. The number of hydrogen-bond donors (Lipinski definition) is 6. The second kappa shape index (κ2) is 10.1. The van der Waals surface area contributed by atoms with E-state index in [1.54, 1.807) is 24.3 Å². The maximum absolute atomic E-state index is 10.2. The molecule has 30 heavy (non-hydrogen) atoms. The summed E-state index contributed by atoms with van der Waals surface area (Å²) in [5, 5.41) is 59.7. The molecular formula is C20H28O10. The fourth-order valence-corrected chi connectivity index (χ4v) is 3.25. The van der Waals surface area contributed by atoms with Crippen LogP contribution in [0.2, 0.25) is 0 Å². The zero-order chi connectivity index (χ0) is 21.8. The van der Waals surface area contributed by atoms with Gasteiger partial charge in [0.1, 0.15) is 48.5 Å². The molecule has 168 valence electrons. The summed E-state index contributed by atoms with van der Waals surface area (Å²) >= 11 is 0. The van der Waals surface area contributed by atoms with Crippen LogP contribution < -0.4 is 4.74 Å². The maximum atomic E-state index is 10.2. The molecular weight excluding hydrogens is 400 g/mol. The number of allylic oxidation sites excluding steroid dienone is 1. The average Bonchev–Trinajstić information content (AvgIpc) is 2.74. The van der Waals surface area contributed by atoms with Gasteiger partial charge in [-0.25, -0.2) is 0 Å². The molecule has 2 aliphatic rings. The molecule has 0 saturated carbocycles. The fraction of sp³-hybridized carbons (Fsp3) is 0.600. The first-order valence-corrected chi connectivity index (χ1v) is 9.68. The van der Waals surface area contributed by atoms with Gasteiger partial charge < -0.3 is 49.6 Å². The molecule has 0 spiro atoms. The predicted octanol–water partition coefficient (Wildman–Crippen LogP) is -1.64. The van der Waals surface area contributed by atoms with Crippen molar-refractivity contribution >= 4 is 6.08 Å². The SMILES string of the molecule is CC=Cc1ccc(OC2OC(COC3OCC(O)C(O)C3O)C(O)C(O)C2O)cc1. The highest BCUT2D eigenvalue weighted by Crippen LogP contribution is 2.26. The summed E-state index contributed by atoms with van der Waals surface area (Å²) in [7, 11) is 0. The molecule has 0 aromatic heterocycles. The Kier molecular flexibility index (Phi) is 7.80. The molecule has 9 unspecified atom stereocenters. The van der Waals surface area contributed by atoms with Crippen molar-refractivity contribution in [2.75, 3.05) is 13.2 Å². The van der Waals surface area contributed by atoms with Crippen LogP contribution in [0.1, 0.15) is 12.5 Å². The summed E-state index contributed by atoms with van der Waals surface area (Å²) < 4.78 is 21.7. The third-order valence-electron chi connectivity index (χ3n) is 5.04. The molecule has 1 aromatic rings. The molecule has 0 amide bonds. The highest BCUT2D eigenvalue weighted by atomic mass is 16.7. The van der Waals surface area contributed by atoms with Crippen molar-refractivity contribution in [2.24, 2.45) is 0 Å². The maximum Gasteiger partial charge on any atom is 0.229 e. The van der Waals surface area contributed by atoms with Gasteiger partial charge >= 0.3 is 0 Å². The van der Waals surface area contributed by atoms with Crippen molar-refractivity contribution in [2.45, 2.75) is 62.2 Å². The van der Waals surface area contributed by atoms with Crippen LogP contribution >= 0.6 is 0 Å². The number of benzene rings is 1. The number of rotatable bonds is 6. The Morgan fingerprint density at radius 3 is 2.23 bits per heavy atom. The van der Waals surface area contributed by atoms with E-state index in [4.69, 9.17) is 18.9 Å². The molecule has 0 aliphatic carbocycles. The standard InChI is InChI=1S/C20H28O10/c1-2-3-10-4-6-11(7-5-10)29-20-18(26)16(24)15(23)13(30-20)9-28-19-17(25)14(22)12(21)8-27-19/h2-7,12-26H,8-9H2,1H3. The molecule has 6 N–H and O–H groups in total. The lowest BCUT2D eigenvalue weighted by Crippen LogP contribution is -2.61. The van der Waals surface area contributed by atoms with Crippen LogP contribution in [-0.2, 0) is 14.2 Å². The first-order chi connectivity index (χ1) is 14.3. The van der Waals surface area contributed by atoms with Gasteiger partial charge in [0, 0.05) is 0 Å². The van der Waals surface area contributed by atoms with Crippen LogP contribution in [0.15, 0.2) is 30.3 Å². The molecule has 3 rings (SSSR count). The molecule has 10 nitrogen and oxygen atoms in total. The summed E-state index contributed by atoms with van der Waals surface area (Å²) in [6, 6.07) is 6.95. The molecule has 10 heteroatoms. The first-order valence-electron chi connectivity index (χ1n) is 9.68. The molecule has 2 fully saturated rings. The highest BCUT2D eigenvalue weighted by Gasteiger charge is 2.46. The van der Waals surface area contributed by atoms with Gasteiger partial charge in [0.15, 0.2) is 6.29 Å². The minimum absolute atomic E-state index is 0.243. The van der Waals surface area contributed by atoms with Crippen molar-refractivity contribution in [3.05, 3.63) is 35.9 Å². The third kappa shape index (κ3) is 5.17. The van der Waals surface area contributed by atoms with E-state index < -0.39 is 55.3 Å². The summed E-state index contributed by atoms with van der Waals surface area (Å²) in [5.41, 5.74) is 0.954. The Morgan fingerprint density at radius 1 is 0.900 bits per heavy atom. The molecule has 0 bridgehead atoms. The van der Waals surface area contributed by atoms with Gasteiger partial charge in [-0.05, 0) is 24.6 Å². The van der Waals surface area contributed by atoms with Crippen molar-refractivity contribution in [3.63, 3.8) is 0 Å². The Bertz CT molecular complexity index is 695. The summed E-state index contributed by atoms with van der Waals surface area (Å²) in [6.45, 7) is 1.31. The van der Waals surface area contributed by atoms with E-state index in [0.717, 1.165) is 5.56 Å². The Labute approximate surface area is 173 Å². The molecule has 2 aliphatic heterocycles. The van der Waals surface area contributed by atoms with Crippen molar-refractivity contribution in [1.82, 2.24) is 0 Å². The van der Waals surface area contributed by atoms with Crippen molar-refractivity contribution in [1.29, 1.82) is 0 Å². The van der Waals surface area contributed by atoms with Gasteiger partial charge in [0.25, 0.3) is 0 Å². The van der Waals surface area contributed by atoms with Crippen LogP contribution in [0.3, 0.4) is 0 Å². The van der Waals surface area contributed by atoms with E-state index in [9.17, 15) is 30.6 Å². The minimum atomic E-state index is -1.57. The van der Waals surface area contributed by atoms with E-state index in [0.29, 0.717) is 5.75 Å². The summed E-state index contributed by atoms with van der Waals surface area (Å²) in [4.78, 5) is 0. The second-order valence-corrected chi connectivity index (χ2v) is 7.29. The zero-order valence-corrected chi connectivity index (χ0v) is 16.4. The van der Waals surface area contributed by atoms with E-state index in [1.165, 1.54) is 0 Å². The van der Waals surface area contributed by atoms with Crippen LogP contribution in [0.25, 0.3) is 6.08 Å². The van der Waals surface area contributed by atoms with Crippen molar-refractivity contribution < 1.29 is 49.6 Å². The number of aliphatic hydroxyl groups is 6. The molecule has 0 radical (unpaired) electrons. The first kappa shape index (κ1) is 23.1. The van der Waals surface area contributed by atoms with Crippen LogP contribution in [0.5, 0.6) is 5.75 Å². The summed E-state index contributed by atoms with van der Waals surface area (Å²) in [6.07, 6.45) is -8.64. The van der Waals surface area contributed by atoms with E-state index >= 15 is 0 Å². The molecule has 9 atom stereocenters. The molecule has 2 saturated heterocycles. The number of aliphatic hydroxyl groups excluding tert-OH is 6. The van der Waals surface area contributed by atoms with E-state index in [2.05, 4.69) is 0 Å². The van der Waals surface area contributed by atoms with E-state index in [-0.39, 0.29) is 13.2 Å². The fourth-order valence-electron chi connectivity index (χ4n) is 3.25. The van der Waals surface area contributed by atoms with Gasteiger partial charge in [0.05, 0.1) is 13.2 Å². The van der Waals surface area contributed by atoms with Crippen LogP contribution in [0, 0.1) is 0 Å². The van der Waals surface area contributed by atoms with Crippen LogP contribution in [-0.4, -0.2) is 99.2 Å². The minimum Gasteiger partial charge on any atom is -0.462 e. The van der Waals surface area contributed by atoms with E-state index in [1.807, 2.05) is 19.1 Å². The zero-order valence-electron chi connectivity index (χ0n) is 16.4. The highest BCUT2D eigenvalue weighted by molar-refractivity contribution is 5.50. The lowest BCUT2D eigenvalue weighted by Gasteiger charge is -2.41. The van der Waals surface area contributed by atoms with Gasteiger partial charge in [-0.1, -0.05) is 24.3 Å². The van der Waals surface area contributed by atoms with Crippen LogP contribution in [0.4, 0.5) is 0 Å². The quantitative estimate of drug-likeness (QED) is 0.310. The largest absolute Gasteiger partial charge is 0.462 e. The van der Waals surface area contributed by atoms with Gasteiger partial charge in [-0.15, -0.1) is 0 Å². The smallest absolute Gasteiger partial charge is 0.229 e. The average molecular weight is 428 g/mol. The normalized spacial score (nSPS) is 39.9. The second-order valence-electron chi connectivity index (χ2n) is 7.29. The number of hydrogen-bond acceptors (Lipinski definition) is 10. The topological polar surface area (TPSA) is 158 Å². The molecule has 2 heterocycles. The summed E-state index contributed by atoms with van der Waals surface area (Å²) in [5.74, 6) is 0.388. The van der Waals surface area contributed by atoms with Crippen molar-refractivity contribution in [3.8, 4) is 5.75 Å². The third-order valence-corrected chi connectivity index (χ3v) is 5.04. The van der Waals surface area contributed by atoms with Gasteiger partial charge in [-0.2, -0.15) is 0 Å². The Morgan fingerprint density at radius 2 is 1.57 bits per heavy atom. The Hall–Kier alpha value is -1.60. The Balaban J connectivity index is 1.61.